The predicted octanol–water partition coefficient (Wildman–Crippen LogP) is 2.61. The summed E-state index contributed by atoms with van der Waals surface area (Å²) in [5, 5.41) is 6.99. The lowest BCUT2D eigenvalue weighted by atomic mass is 10.1. The topological polar surface area (TPSA) is 73.2 Å². The highest BCUT2D eigenvalue weighted by Crippen LogP contribution is 2.13. The minimum atomic E-state index is -0.543. The van der Waals surface area contributed by atoms with Crippen LogP contribution < -0.4 is 5.32 Å². The van der Waals surface area contributed by atoms with Crippen LogP contribution in [0, 0.1) is 6.92 Å². The molecule has 1 N–H and O–H groups in total. The summed E-state index contributed by atoms with van der Waals surface area (Å²) in [4.78, 5) is 24.3. The van der Waals surface area contributed by atoms with E-state index in [1.807, 2.05) is 33.8 Å². The fourth-order valence-electron chi connectivity index (χ4n) is 2.24. The van der Waals surface area contributed by atoms with Crippen molar-refractivity contribution in [2.24, 2.45) is 7.05 Å². The van der Waals surface area contributed by atoms with Crippen LogP contribution >= 0.6 is 0 Å². The number of benzene rings is 1. The Balaban J connectivity index is 2.03. The van der Waals surface area contributed by atoms with Crippen molar-refractivity contribution in [1.29, 1.82) is 0 Å². The summed E-state index contributed by atoms with van der Waals surface area (Å²) in [5.41, 5.74) is 2.03. The molecular formula is C18H23N3O3. The van der Waals surface area contributed by atoms with Crippen molar-refractivity contribution in [3.63, 3.8) is 0 Å². The zero-order valence-electron chi connectivity index (χ0n) is 14.7. The molecule has 0 aliphatic rings. The molecule has 0 fully saturated rings. The Hall–Kier alpha value is -2.63. The summed E-state index contributed by atoms with van der Waals surface area (Å²) in [6, 6.07) is 8.77. The van der Waals surface area contributed by atoms with E-state index in [0.29, 0.717) is 17.8 Å². The van der Waals surface area contributed by atoms with Crippen LogP contribution in [-0.2, 0) is 18.3 Å². The minimum Gasteiger partial charge on any atom is -0.456 e. The van der Waals surface area contributed by atoms with Crippen LogP contribution in [0.1, 0.15) is 52.9 Å². The second-order valence-corrected chi connectivity index (χ2v) is 6.68. The first-order valence-electron chi connectivity index (χ1n) is 7.77. The molecule has 0 atom stereocenters. The lowest BCUT2D eigenvalue weighted by Gasteiger charge is -2.19. The van der Waals surface area contributed by atoms with Gasteiger partial charge in [0.2, 0.25) is 0 Å². The zero-order valence-corrected chi connectivity index (χ0v) is 14.7. The molecule has 1 heterocycles. The minimum absolute atomic E-state index is 0.208. The maximum Gasteiger partial charge on any atom is 0.338 e. The van der Waals surface area contributed by atoms with Crippen LogP contribution in [0.4, 0.5) is 0 Å². The maximum atomic E-state index is 12.2. The Kier molecular flexibility index (Phi) is 5.07. The maximum absolute atomic E-state index is 12.2. The van der Waals surface area contributed by atoms with E-state index in [1.165, 1.54) is 0 Å². The van der Waals surface area contributed by atoms with Gasteiger partial charge in [0.15, 0.2) is 0 Å². The standard InChI is InChI=1S/C18H23N3O3/c1-12-9-15(21(5)20-12)16(22)19-11-13-7-6-8-14(10-13)17(23)24-18(2,3)4/h6-10H,11H2,1-5H3,(H,19,22). The molecule has 2 aromatic rings. The van der Waals surface area contributed by atoms with E-state index >= 15 is 0 Å². The first-order chi connectivity index (χ1) is 11.2. The fourth-order valence-corrected chi connectivity index (χ4v) is 2.24. The van der Waals surface area contributed by atoms with Crippen molar-refractivity contribution in [2.75, 3.05) is 0 Å². The SMILES string of the molecule is Cc1cc(C(=O)NCc2cccc(C(=O)OC(C)(C)C)c2)n(C)n1. The quantitative estimate of drug-likeness (QED) is 0.875. The monoisotopic (exact) mass is 329 g/mol. The molecule has 0 radical (unpaired) electrons. The molecule has 0 aliphatic carbocycles. The molecule has 0 aliphatic heterocycles. The number of hydrogen-bond acceptors (Lipinski definition) is 4. The predicted molar refractivity (Wildman–Crippen MR) is 90.7 cm³/mol. The molecule has 0 saturated carbocycles. The fraction of sp³-hybridized carbons (Fsp3) is 0.389. The number of aromatic nitrogens is 2. The van der Waals surface area contributed by atoms with Crippen LogP contribution in [0.15, 0.2) is 30.3 Å². The average molecular weight is 329 g/mol. The van der Waals surface area contributed by atoms with Crippen molar-refractivity contribution in [1.82, 2.24) is 15.1 Å². The third-order valence-corrected chi connectivity index (χ3v) is 3.25. The van der Waals surface area contributed by atoms with E-state index in [2.05, 4.69) is 10.4 Å². The van der Waals surface area contributed by atoms with E-state index in [1.54, 1.807) is 36.0 Å². The van der Waals surface area contributed by atoms with Crippen LogP contribution in [0.3, 0.4) is 0 Å². The van der Waals surface area contributed by atoms with Gasteiger partial charge in [0.05, 0.1) is 11.3 Å². The largest absolute Gasteiger partial charge is 0.456 e. The van der Waals surface area contributed by atoms with Gasteiger partial charge in [-0.1, -0.05) is 12.1 Å². The van der Waals surface area contributed by atoms with Gasteiger partial charge in [-0.05, 0) is 51.5 Å². The number of hydrogen-bond donors (Lipinski definition) is 1. The second-order valence-electron chi connectivity index (χ2n) is 6.68. The number of aryl methyl sites for hydroxylation is 2. The molecule has 1 amide bonds. The smallest absolute Gasteiger partial charge is 0.338 e. The summed E-state index contributed by atoms with van der Waals surface area (Å²) in [6.07, 6.45) is 0. The van der Waals surface area contributed by atoms with Crippen LogP contribution in [-0.4, -0.2) is 27.3 Å². The number of carbonyl (C=O) groups is 2. The highest BCUT2D eigenvalue weighted by Gasteiger charge is 2.18. The Bertz CT molecular complexity index is 757. The Morgan fingerprint density at radius 3 is 2.54 bits per heavy atom. The van der Waals surface area contributed by atoms with Gasteiger partial charge in [0.25, 0.3) is 5.91 Å². The summed E-state index contributed by atoms with van der Waals surface area (Å²) in [7, 11) is 1.73. The van der Waals surface area contributed by atoms with E-state index in [0.717, 1.165) is 11.3 Å². The summed E-state index contributed by atoms with van der Waals surface area (Å²) >= 11 is 0. The third kappa shape index (κ3) is 4.68. The van der Waals surface area contributed by atoms with Crippen LogP contribution in [0.25, 0.3) is 0 Å². The van der Waals surface area contributed by atoms with E-state index < -0.39 is 5.60 Å². The molecule has 6 nitrogen and oxygen atoms in total. The highest BCUT2D eigenvalue weighted by atomic mass is 16.6. The molecule has 24 heavy (non-hydrogen) atoms. The van der Waals surface area contributed by atoms with Crippen molar-refractivity contribution in [3.05, 3.63) is 52.8 Å². The molecule has 0 saturated heterocycles. The molecule has 1 aromatic carbocycles. The molecule has 128 valence electrons. The lowest BCUT2D eigenvalue weighted by molar-refractivity contribution is 0.00693. The molecule has 1 aromatic heterocycles. The summed E-state index contributed by atoms with van der Waals surface area (Å²) < 4.78 is 6.90. The Morgan fingerprint density at radius 1 is 1.25 bits per heavy atom. The van der Waals surface area contributed by atoms with Crippen molar-refractivity contribution in [2.45, 2.75) is 39.8 Å². The number of rotatable bonds is 4. The lowest BCUT2D eigenvalue weighted by Crippen LogP contribution is -2.26. The number of amides is 1. The molecular weight excluding hydrogens is 306 g/mol. The van der Waals surface area contributed by atoms with Crippen molar-refractivity contribution >= 4 is 11.9 Å². The van der Waals surface area contributed by atoms with Crippen molar-refractivity contribution < 1.29 is 14.3 Å². The van der Waals surface area contributed by atoms with Gasteiger partial charge in [-0.2, -0.15) is 5.10 Å². The Labute approximate surface area is 141 Å². The van der Waals surface area contributed by atoms with Crippen LogP contribution in [0.5, 0.6) is 0 Å². The highest BCUT2D eigenvalue weighted by molar-refractivity contribution is 5.92. The molecule has 2 rings (SSSR count). The normalized spacial score (nSPS) is 11.2. The van der Waals surface area contributed by atoms with Gasteiger partial charge in [-0.15, -0.1) is 0 Å². The number of nitrogens with zero attached hydrogens (tertiary/aromatic N) is 2. The Morgan fingerprint density at radius 2 is 1.96 bits per heavy atom. The molecule has 6 heteroatoms. The van der Waals surface area contributed by atoms with Gasteiger partial charge < -0.3 is 10.1 Å². The molecule has 0 spiro atoms. The second kappa shape index (κ2) is 6.86. The number of esters is 1. The van der Waals surface area contributed by atoms with E-state index in [-0.39, 0.29) is 11.9 Å². The number of nitrogens with one attached hydrogen (secondary N) is 1. The summed E-state index contributed by atoms with van der Waals surface area (Å²) in [6.45, 7) is 7.63. The van der Waals surface area contributed by atoms with Crippen molar-refractivity contribution in [3.8, 4) is 0 Å². The molecule has 0 unspecified atom stereocenters. The van der Waals surface area contributed by atoms with Gasteiger partial charge in [-0.3, -0.25) is 9.48 Å². The third-order valence-electron chi connectivity index (χ3n) is 3.25. The van der Waals surface area contributed by atoms with E-state index in [9.17, 15) is 9.59 Å². The van der Waals surface area contributed by atoms with Gasteiger partial charge in [-0.25, -0.2) is 4.79 Å². The van der Waals surface area contributed by atoms with Crippen LogP contribution in [0.2, 0.25) is 0 Å². The number of ether oxygens (including phenoxy) is 1. The first-order valence-corrected chi connectivity index (χ1v) is 7.77. The average Bonchev–Trinajstić information content (AvgIpc) is 2.82. The van der Waals surface area contributed by atoms with E-state index in [4.69, 9.17) is 4.74 Å². The zero-order chi connectivity index (χ0) is 17.9. The van der Waals surface area contributed by atoms with Gasteiger partial charge >= 0.3 is 5.97 Å². The summed E-state index contributed by atoms with van der Waals surface area (Å²) in [5.74, 6) is -0.585. The molecule has 0 bridgehead atoms. The first kappa shape index (κ1) is 17.7. The number of carbonyl (C=O) groups excluding carboxylic acids is 2. The van der Waals surface area contributed by atoms with Gasteiger partial charge in [0.1, 0.15) is 11.3 Å². The van der Waals surface area contributed by atoms with Gasteiger partial charge in [0, 0.05) is 13.6 Å².